The lowest BCUT2D eigenvalue weighted by Crippen LogP contribution is -2.02. The summed E-state index contributed by atoms with van der Waals surface area (Å²) in [6, 6.07) is 69.5. The summed E-state index contributed by atoms with van der Waals surface area (Å²) in [7, 11) is 0. The van der Waals surface area contributed by atoms with Gasteiger partial charge in [0.15, 0.2) is 5.82 Å². The number of benzene rings is 8. The highest BCUT2D eigenvalue weighted by molar-refractivity contribution is 7.26. The van der Waals surface area contributed by atoms with Crippen molar-refractivity contribution in [1.29, 1.82) is 0 Å². The Bertz CT molecular complexity index is 3520. The molecular formula is C52H32N4S. The Kier molecular flexibility index (Phi) is 7.06. The van der Waals surface area contributed by atoms with Gasteiger partial charge in [0.05, 0.1) is 27.8 Å². The van der Waals surface area contributed by atoms with E-state index in [9.17, 15) is 0 Å². The smallest absolute Gasteiger partial charge is 0.163 e. The molecule has 0 aliphatic rings. The van der Waals surface area contributed by atoms with Crippen molar-refractivity contribution in [3.05, 3.63) is 194 Å². The first kappa shape index (κ1) is 32.0. The summed E-state index contributed by atoms with van der Waals surface area (Å²) in [4.78, 5) is 10.9. The molecule has 4 heterocycles. The zero-order chi connectivity index (χ0) is 37.5. The molecule has 266 valence electrons. The predicted octanol–water partition coefficient (Wildman–Crippen LogP) is 14.0. The van der Waals surface area contributed by atoms with Gasteiger partial charge in [0.25, 0.3) is 0 Å². The van der Waals surface area contributed by atoms with Crippen LogP contribution in [0.25, 0.3) is 109 Å². The summed E-state index contributed by atoms with van der Waals surface area (Å²) in [6.07, 6.45) is 0. The molecule has 0 N–H and O–H groups in total. The Morgan fingerprint density at radius 2 is 0.947 bits per heavy atom. The SMILES string of the molecule is c1ccc(-c2cccc(-c3cc(-n4c5ccccc5c5cc6c(cc54)c4ccccc4n6-c4ccccc4)nc(-c4cccc5c4sc4ccccc45)n3)c2)cc1. The Labute approximate surface area is 332 Å². The lowest BCUT2D eigenvalue weighted by Gasteiger charge is -2.13. The second-order valence-electron chi connectivity index (χ2n) is 14.6. The van der Waals surface area contributed by atoms with Crippen LogP contribution in [0.15, 0.2) is 194 Å². The minimum absolute atomic E-state index is 0.706. The molecule has 0 radical (unpaired) electrons. The van der Waals surface area contributed by atoms with E-state index in [-0.39, 0.29) is 0 Å². The number of hydrogen-bond donors (Lipinski definition) is 0. The average molecular weight is 745 g/mol. The first-order chi connectivity index (χ1) is 28.3. The van der Waals surface area contributed by atoms with Gasteiger partial charge < -0.3 is 4.57 Å². The maximum atomic E-state index is 5.52. The minimum atomic E-state index is 0.706. The fraction of sp³-hybridized carbons (Fsp3) is 0. The summed E-state index contributed by atoms with van der Waals surface area (Å²) in [5.41, 5.74) is 11.0. The van der Waals surface area contributed by atoms with Gasteiger partial charge in [0.2, 0.25) is 0 Å². The summed E-state index contributed by atoms with van der Waals surface area (Å²) < 4.78 is 7.19. The van der Waals surface area contributed by atoms with Crippen LogP contribution in [0.5, 0.6) is 0 Å². The molecule has 8 aromatic carbocycles. The van der Waals surface area contributed by atoms with Gasteiger partial charge in [0, 0.05) is 64.6 Å². The lowest BCUT2D eigenvalue weighted by molar-refractivity contribution is 1.05. The Balaban J connectivity index is 1.17. The molecule has 0 aliphatic carbocycles. The van der Waals surface area contributed by atoms with Crippen molar-refractivity contribution < 1.29 is 0 Å². The molecule has 12 aromatic rings. The average Bonchev–Trinajstić information content (AvgIpc) is 3.93. The van der Waals surface area contributed by atoms with Crippen LogP contribution in [-0.4, -0.2) is 19.1 Å². The molecule has 0 unspecified atom stereocenters. The second kappa shape index (κ2) is 12.6. The van der Waals surface area contributed by atoms with Crippen LogP contribution in [0.2, 0.25) is 0 Å². The molecule has 0 amide bonds. The number of para-hydroxylation sites is 3. The van der Waals surface area contributed by atoms with E-state index in [4.69, 9.17) is 9.97 Å². The van der Waals surface area contributed by atoms with E-state index in [1.807, 2.05) is 0 Å². The van der Waals surface area contributed by atoms with Crippen LogP contribution in [0.1, 0.15) is 0 Å². The zero-order valence-electron chi connectivity index (χ0n) is 30.7. The molecule has 5 heteroatoms. The quantitative estimate of drug-likeness (QED) is 0.176. The molecule has 0 aliphatic heterocycles. The van der Waals surface area contributed by atoms with Crippen molar-refractivity contribution in [1.82, 2.24) is 19.1 Å². The van der Waals surface area contributed by atoms with E-state index in [2.05, 4.69) is 203 Å². The molecule has 0 fully saturated rings. The van der Waals surface area contributed by atoms with Gasteiger partial charge in [-0.3, -0.25) is 4.57 Å². The zero-order valence-corrected chi connectivity index (χ0v) is 31.5. The van der Waals surface area contributed by atoms with Gasteiger partial charge in [-0.05, 0) is 65.7 Å². The summed E-state index contributed by atoms with van der Waals surface area (Å²) in [6.45, 7) is 0. The minimum Gasteiger partial charge on any atom is -0.309 e. The molecule has 0 spiro atoms. The van der Waals surface area contributed by atoms with E-state index in [1.165, 1.54) is 58.3 Å². The molecular weight excluding hydrogens is 713 g/mol. The standard InChI is InChI=1S/C52H32N4S/c1-3-15-33(16-4-1)34-17-13-18-35(29-34)44-32-50(54-52(53-44)41-25-14-24-40-39-23-9-12-28-49(39)57-51(40)41)56-46-27-11-8-22-38(46)43-30-47-42(31-48(43)56)37-21-7-10-26-45(37)55(47)36-19-5-2-6-20-36/h1-32H. The lowest BCUT2D eigenvalue weighted by atomic mass is 10.0. The first-order valence-corrected chi connectivity index (χ1v) is 20.1. The monoisotopic (exact) mass is 744 g/mol. The van der Waals surface area contributed by atoms with Crippen molar-refractivity contribution in [2.75, 3.05) is 0 Å². The van der Waals surface area contributed by atoms with Gasteiger partial charge in [-0.15, -0.1) is 11.3 Å². The van der Waals surface area contributed by atoms with Gasteiger partial charge >= 0.3 is 0 Å². The maximum Gasteiger partial charge on any atom is 0.163 e. The highest BCUT2D eigenvalue weighted by atomic mass is 32.1. The number of hydrogen-bond acceptors (Lipinski definition) is 3. The number of rotatable bonds is 5. The van der Waals surface area contributed by atoms with Crippen LogP contribution in [0.3, 0.4) is 0 Å². The Morgan fingerprint density at radius 3 is 1.72 bits per heavy atom. The normalized spacial score (nSPS) is 11.9. The molecule has 0 bridgehead atoms. The maximum absolute atomic E-state index is 5.52. The number of thiophene rings is 1. The molecule has 0 atom stereocenters. The fourth-order valence-electron chi connectivity index (χ4n) is 8.76. The molecule has 4 aromatic heterocycles. The predicted molar refractivity (Wildman–Crippen MR) is 240 cm³/mol. The van der Waals surface area contributed by atoms with E-state index in [0.717, 1.165) is 44.9 Å². The fourth-order valence-corrected chi connectivity index (χ4v) is 9.97. The Hall–Kier alpha value is -7.34. The van der Waals surface area contributed by atoms with Crippen LogP contribution >= 0.6 is 11.3 Å². The third kappa shape index (κ3) is 4.99. The highest BCUT2D eigenvalue weighted by Gasteiger charge is 2.21. The van der Waals surface area contributed by atoms with Crippen molar-refractivity contribution in [2.24, 2.45) is 0 Å². The van der Waals surface area contributed by atoms with E-state index in [0.29, 0.717) is 5.82 Å². The summed E-state index contributed by atoms with van der Waals surface area (Å²) in [5, 5.41) is 7.26. The third-order valence-corrected chi connectivity index (χ3v) is 12.6. The van der Waals surface area contributed by atoms with Crippen LogP contribution < -0.4 is 0 Å². The number of fused-ring (bicyclic) bond motifs is 9. The molecule has 57 heavy (non-hydrogen) atoms. The van der Waals surface area contributed by atoms with E-state index < -0.39 is 0 Å². The number of nitrogens with zero attached hydrogens (tertiary/aromatic N) is 4. The van der Waals surface area contributed by atoms with E-state index in [1.54, 1.807) is 11.3 Å². The van der Waals surface area contributed by atoms with Crippen molar-refractivity contribution in [3.63, 3.8) is 0 Å². The Morgan fingerprint density at radius 1 is 0.368 bits per heavy atom. The summed E-state index contributed by atoms with van der Waals surface area (Å²) >= 11 is 1.81. The second-order valence-corrected chi connectivity index (χ2v) is 15.6. The van der Waals surface area contributed by atoms with Gasteiger partial charge in [-0.1, -0.05) is 133 Å². The molecule has 0 saturated carbocycles. The highest BCUT2D eigenvalue weighted by Crippen LogP contribution is 2.42. The van der Waals surface area contributed by atoms with Crippen molar-refractivity contribution >= 4 is 75.1 Å². The van der Waals surface area contributed by atoms with Crippen molar-refractivity contribution in [3.8, 4) is 45.3 Å². The molecule has 0 saturated heterocycles. The molecule has 4 nitrogen and oxygen atoms in total. The van der Waals surface area contributed by atoms with Gasteiger partial charge in [-0.25, -0.2) is 9.97 Å². The van der Waals surface area contributed by atoms with E-state index >= 15 is 0 Å². The van der Waals surface area contributed by atoms with Crippen LogP contribution in [0, 0.1) is 0 Å². The van der Waals surface area contributed by atoms with Crippen LogP contribution in [-0.2, 0) is 0 Å². The third-order valence-electron chi connectivity index (χ3n) is 11.3. The van der Waals surface area contributed by atoms with Gasteiger partial charge in [0.1, 0.15) is 5.82 Å². The van der Waals surface area contributed by atoms with Crippen LogP contribution in [0.4, 0.5) is 0 Å². The largest absolute Gasteiger partial charge is 0.309 e. The summed E-state index contributed by atoms with van der Waals surface area (Å²) in [5.74, 6) is 1.54. The van der Waals surface area contributed by atoms with Gasteiger partial charge in [-0.2, -0.15) is 0 Å². The topological polar surface area (TPSA) is 35.6 Å². The number of aromatic nitrogens is 4. The first-order valence-electron chi connectivity index (χ1n) is 19.2. The van der Waals surface area contributed by atoms with Crippen molar-refractivity contribution in [2.45, 2.75) is 0 Å². The molecule has 12 rings (SSSR count).